The summed E-state index contributed by atoms with van der Waals surface area (Å²) in [5.74, 6) is -1.14. The molecule has 1 aliphatic rings. The summed E-state index contributed by atoms with van der Waals surface area (Å²) in [6.07, 6.45) is 1.63. The first-order valence-electron chi connectivity index (χ1n) is 8.82. The Labute approximate surface area is 167 Å². The van der Waals surface area contributed by atoms with Crippen LogP contribution in [0, 0.1) is 5.82 Å². The number of amides is 4. The summed E-state index contributed by atoms with van der Waals surface area (Å²) >= 11 is 0. The number of allylic oxidation sites excluding steroid dienone is 1. The smallest absolute Gasteiger partial charge is 0.337 e. The number of benzene rings is 1. The molecule has 1 aromatic carbocycles. The third-order valence-corrected chi connectivity index (χ3v) is 4.07. The highest BCUT2D eigenvalue weighted by molar-refractivity contribution is 6.01. The lowest BCUT2D eigenvalue weighted by Crippen LogP contribution is -2.54. The Bertz CT molecular complexity index is 779. The number of rotatable bonds is 5. The number of carbonyl (C=O) groups is 4. The predicted octanol–water partition coefficient (Wildman–Crippen LogP) is 2.55. The largest absolute Gasteiger partial charge is 0.483 e. The molecule has 3 N–H and O–H groups in total. The number of imide groups is 1. The molecule has 0 fully saturated rings. The SMILES string of the molecule is CCCCNC(=O)N1C(=O)NC(C)=C(C(=O)OC)C1c1ccc(F)cc1.O=CO. The van der Waals surface area contributed by atoms with E-state index < -0.39 is 29.9 Å². The first kappa shape index (κ1) is 23.6. The summed E-state index contributed by atoms with van der Waals surface area (Å²) in [6.45, 7) is 3.67. The zero-order valence-electron chi connectivity index (χ0n) is 16.4. The number of hydrogen-bond donors (Lipinski definition) is 3. The minimum Gasteiger partial charge on any atom is -0.483 e. The van der Waals surface area contributed by atoms with E-state index in [0.717, 1.165) is 17.7 Å². The Morgan fingerprint density at radius 1 is 1.34 bits per heavy atom. The van der Waals surface area contributed by atoms with Crippen LogP contribution in [0.25, 0.3) is 0 Å². The van der Waals surface area contributed by atoms with Crippen molar-refractivity contribution in [1.29, 1.82) is 0 Å². The molecule has 1 atom stereocenters. The third kappa shape index (κ3) is 6.03. The molecule has 0 aromatic heterocycles. The number of urea groups is 2. The van der Waals surface area contributed by atoms with Gasteiger partial charge in [0.1, 0.15) is 11.9 Å². The highest BCUT2D eigenvalue weighted by Crippen LogP contribution is 2.34. The second kappa shape index (κ2) is 11.4. The summed E-state index contributed by atoms with van der Waals surface area (Å²) in [7, 11) is 1.21. The molecule has 29 heavy (non-hydrogen) atoms. The van der Waals surface area contributed by atoms with Gasteiger partial charge >= 0.3 is 18.0 Å². The van der Waals surface area contributed by atoms with Crippen LogP contribution in [0.15, 0.2) is 35.5 Å². The van der Waals surface area contributed by atoms with E-state index in [4.69, 9.17) is 14.6 Å². The van der Waals surface area contributed by atoms with Crippen molar-refractivity contribution in [3.8, 4) is 0 Å². The Hall–Kier alpha value is -3.43. The minimum absolute atomic E-state index is 0.115. The number of unbranched alkanes of at least 4 members (excludes halogenated alkanes) is 1. The maximum Gasteiger partial charge on any atom is 0.337 e. The first-order valence-corrected chi connectivity index (χ1v) is 8.82. The fraction of sp³-hybridized carbons (Fsp3) is 0.368. The molecule has 158 valence electrons. The number of carbonyl (C=O) groups excluding carboxylic acids is 3. The third-order valence-electron chi connectivity index (χ3n) is 4.07. The molecule has 0 bridgehead atoms. The van der Waals surface area contributed by atoms with E-state index in [9.17, 15) is 18.8 Å². The van der Waals surface area contributed by atoms with Crippen LogP contribution < -0.4 is 10.6 Å². The number of nitrogens with zero attached hydrogens (tertiary/aromatic N) is 1. The standard InChI is InChI=1S/C18H22FN3O4.CH2O2/c1-4-5-10-20-17(24)22-15(12-6-8-13(19)9-7-12)14(16(23)26-3)11(2)21-18(22)25;2-1-3/h6-9,15H,4-5,10H2,1-3H3,(H,20,24)(H,21,25);1H,(H,2,3). The number of nitrogens with one attached hydrogen (secondary N) is 2. The maximum atomic E-state index is 13.3. The summed E-state index contributed by atoms with van der Waals surface area (Å²) in [5.41, 5.74) is 0.824. The molecule has 2 rings (SSSR count). The second-order valence-electron chi connectivity index (χ2n) is 5.98. The van der Waals surface area contributed by atoms with E-state index in [1.807, 2.05) is 6.92 Å². The lowest BCUT2D eigenvalue weighted by atomic mass is 9.94. The summed E-state index contributed by atoms with van der Waals surface area (Å²) in [6, 6.07) is 2.96. The van der Waals surface area contributed by atoms with Crippen LogP contribution in [-0.4, -0.2) is 48.2 Å². The molecule has 1 aromatic rings. The molecular formula is C19H24FN3O6. The zero-order chi connectivity index (χ0) is 22.0. The van der Waals surface area contributed by atoms with E-state index in [0.29, 0.717) is 12.1 Å². The van der Waals surface area contributed by atoms with Crippen molar-refractivity contribution in [2.24, 2.45) is 0 Å². The second-order valence-corrected chi connectivity index (χ2v) is 5.98. The van der Waals surface area contributed by atoms with Crippen LogP contribution in [0.1, 0.15) is 38.3 Å². The molecule has 4 amide bonds. The average molecular weight is 409 g/mol. The lowest BCUT2D eigenvalue weighted by Gasteiger charge is -2.36. The molecule has 0 saturated carbocycles. The minimum atomic E-state index is -1.02. The van der Waals surface area contributed by atoms with E-state index in [1.165, 1.54) is 31.4 Å². The van der Waals surface area contributed by atoms with Crippen LogP contribution >= 0.6 is 0 Å². The summed E-state index contributed by atoms with van der Waals surface area (Å²) in [5, 5.41) is 12.1. The number of hydrogen-bond acceptors (Lipinski definition) is 5. The van der Waals surface area contributed by atoms with Gasteiger partial charge in [0.05, 0.1) is 12.7 Å². The van der Waals surface area contributed by atoms with Crippen molar-refractivity contribution in [3.63, 3.8) is 0 Å². The lowest BCUT2D eigenvalue weighted by molar-refractivity contribution is -0.137. The van der Waals surface area contributed by atoms with Gasteiger partial charge < -0.3 is 20.5 Å². The van der Waals surface area contributed by atoms with Crippen LogP contribution in [-0.2, 0) is 14.3 Å². The van der Waals surface area contributed by atoms with Crippen molar-refractivity contribution in [1.82, 2.24) is 15.5 Å². The maximum absolute atomic E-state index is 13.3. The molecule has 1 unspecified atom stereocenters. The molecule has 9 nitrogen and oxygen atoms in total. The van der Waals surface area contributed by atoms with Gasteiger partial charge in [0.15, 0.2) is 0 Å². The van der Waals surface area contributed by atoms with Crippen LogP contribution in [0.3, 0.4) is 0 Å². The Kier molecular flexibility index (Phi) is 9.30. The molecule has 0 saturated heterocycles. The van der Waals surface area contributed by atoms with Crippen LogP contribution in [0.5, 0.6) is 0 Å². The highest BCUT2D eigenvalue weighted by Gasteiger charge is 2.41. The molecule has 1 aliphatic heterocycles. The van der Waals surface area contributed by atoms with Crippen molar-refractivity contribution < 1.29 is 33.4 Å². The first-order chi connectivity index (χ1) is 13.8. The van der Waals surface area contributed by atoms with E-state index in [1.54, 1.807) is 6.92 Å². The summed E-state index contributed by atoms with van der Waals surface area (Å²) in [4.78, 5) is 46.7. The zero-order valence-corrected chi connectivity index (χ0v) is 16.4. The number of methoxy groups -OCH3 is 1. The summed E-state index contributed by atoms with van der Waals surface area (Å²) < 4.78 is 18.1. The van der Waals surface area contributed by atoms with Gasteiger partial charge in [-0.25, -0.2) is 23.7 Å². The van der Waals surface area contributed by atoms with Crippen LogP contribution in [0.2, 0.25) is 0 Å². The molecular weight excluding hydrogens is 385 g/mol. The van der Waals surface area contributed by atoms with Gasteiger partial charge in [-0.05, 0) is 31.0 Å². The van der Waals surface area contributed by atoms with Gasteiger partial charge in [0.25, 0.3) is 6.47 Å². The Morgan fingerprint density at radius 3 is 2.45 bits per heavy atom. The fourth-order valence-corrected chi connectivity index (χ4v) is 2.74. The normalized spacial score (nSPS) is 15.7. The van der Waals surface area contributed by atoms with Gasteiger partial charge in [-0.3, -0.25) is 4.79 Å². The van der Waals surface area contributed by atoms with Gasteiger partial charge in [-0.2, -0.15) is 0 Å². The van der Waals surface area contributed by atoms with Gasteiger partial charge in [0, 0.05) is 12.2 Å². The molecule has 0 spiro atoms. The topological polar surface area (TPSA) is 125 Å². The van der Waals surface area contributed by atoms with Gasteiger partial charge in [-0.1, -0.05) is 25.5 Å². The molecule has 0 aliphatic carbocycles. The molecule has 0 radical (unpaired) electrons. The Morgan fingerprint density at radius 2 is 1.93 bits per heavy atom. The van der Waals surface area contributed by atoms with E-state index in [-0.39, 0.29) is 17.7 Å². The average Bonchev–Trinajstić information content (AvgIpc) is 2.68. The Balaban J connectivity index is 0.00000132. The van der Waals surface area contributed by atoms with Crippen molar-refractivity contribution >= 4 is 24.5 Å². The van der Waals surface area contributed by atoms with Gasteiger partial charge in [-0.15, -0.1) is 0 Å². The van der Waals surface area contributed by atoms with Crippen LogP contribution in [0.4, 0.5) is 14.0 Å². The highest BCUT2D eigenvalue weighted by atomic mass is 19.1. The monoisotopic (exact) mass is 409 g/mol. The quantitative estimate of drug-likeness (QED) is 0.390. The van der Waals surface area contributed by atoms with Gasteiger partial charge in [0.2, 0.25) is 0 Å². The van der Waals surface area contributed by atoms with E-state index in [2.05, 4.69) is 10.6 Å². The van der Waals surface area contributed by atoms with E-state index >= 15 is 0 Å². The fourth-order valence-electron chi connectivity index (χ4n) is 2.74. The number of carboxylic acid groups (broad SMARTS) is 1. The number of halogens is 1. The predicted molar refractivity (Wildman–Crippen MR) is 101 cm³/mol. The number of ether oxygens (including phenoxy) is 1. The van der Waals surface area contributed by atoms with Crippen molar-refractivity contribution in [2.75, 3.05) is 13.7 Å². The number of esters is 1. The molecule has 1 heterocycles. The van der Waals surface area contributed by atoms with Crippen molar-refractivity contribution in [2.45, 2.75) is 32.7 Å². The molecule has 10 heteroatoms. The van der Waals surface area contributed by atoms with Crippen molar-refractivity contribution in [3.05, 3.63) is 46.9 Å².